The molecule has 100 valence electrons. The largest absolute Gasteiger partial charge is 0.451 e. The number of hydrogen-bond donors (Lipinski definition) is 2. The van der Waals surface area contributed by atoms with Crippen LogP contribution >= 0.6 is 0 Å². The fourth-order valence-electron chi connectivity index (χ4n) is 1.74. The molecule has 0 aliphatic rings. The number of amides is 2. The van der Waals surface area contributed by atoms with Gasteiger partial charge in [0.1, 0.15) is 12.2 Å². The Morgan fingerprint density at radius 2 is 2.00 bits per heavy atom. The van der Waals surface area contributed by atoms with E-state index in [0.29, 0.717) is 5.58 Å². The summed E-state index contributed by atoms with van der Waals surface area (Å²) < 4.78 is 10.1. The standard InChI is InChI=1S/C13H14N2O4/c1-8-9-5-3-4-6-10(9)19-12(8)13(17)15-14-11(16)7-18-2/h3-6H,7H2,1-2H3,(H,14,16)(H,15,17). The molecule has 1 aromatic heterocycles. The molecule has 0 aliphatic heterocycles. The second kappa shape index (κ2) is 5.53. The number of nitrogens with one attached hydrogen (secondary N) is 2. The third-order valence-electron chi connectivity index (χ3n) is 2.64. The Kier molecular flexibility index (Phi) is 3.82. The van der Waals surface area contributed by atoms with E-state index >= 15 is 0 Å². The van der Waals surface area contributed by atoms with Crippen molar-refractivity contribution in [2.24, 2.45) is 0 Å². The third-order valence-corrected chi connectivity index (χ3v) is 2.64. The van der Waals surface area contributed by atoms with Crippen LogP contribution in [0, 0.1) is 6.92 Å². The Balaban J connectivity index is 2.13. The Hall–Kier alpha value is -2.34. The number of benzene rings is 1. The average Bonchev–Trinajstić information content (AvgIpc) is 2.74. The molecule has 2 N–H and O–H groups in total. The maximum Gasteiger partial charge on any atom is 0.305 e. The first kappa shape index (κ1) is 13.1. The van der Waals surface area contributed by atoms with Gasteiger partial charge >= 0.3 is 5.91 Å². The van der Waals surface area contributed by atoms with Gasteiger partial charge < -0.3 is 9.15 Å². The predicted molar refractivity (Wildman–Crippen MR) is 68.4 cm³/mol. The first-order valence-electron chi connectivity index (χ1n) is 5.69. The molecule has 0 radical (unpaired) electrons. The lowest BCUT2D eigenvalue weighted by Gasteiger charge is -2.05. The molecule has 2 aromatic rings. The van der Waals surface area contributed by atoms with Crippen molar-refractivity contribution in [3.05, 3.63) is 35.6 Å². The van der Waals surface area contributed by atoms with Gasteiger partial charge in [-0.3, -0.25) is 20.4 Å². The van der Waals surface area contributed by atoms with E-state index in [9.17, 15) is 9.59 Å². The Morgan fingerprint density at radius 1 is 1.26 bits per heavy atom. The normalized spacial score (nSPS) is 10.4. The van der Waals surface area contributed by atoms with Gasteiger partial charge in [0.15, 0.2) is 5.76 Å². The second-order valence-electron chi connectivity index (χ2n) is 3.99. The smallest absolute Gasteiger partial charge is 0.305 e. The molecular formula is C13H14N2O4. The van der Waals surface area contributed by atoms with E-state index in [4.69, 9.17) is 4.42 Å². The Morgan fingerprint density at radius 3 is 2.68 bits per heavy atom. The van der Waals surface area contributed by atoms with Gasteiger partial charge in [0.25, 0.3) is 5.91 Å². The number of carbonyl (C=O) groups is 2. The molecular weight excluding hydrogens is 248 g/mol. The summed E-state index contributed by atoms with van der Waals surface area (Å²) >= 11 is 0. The molecule has 0 aliphatic carbocycles. The van der Waals surface area contributed by atoms with E-state index in [2.05, 4.69) is 15.6 Å². The molecule has 0 spiro atoms. The van der Waals surface area contributed by atoms with Crippen molar-refractivity contribution in [3.63, 3.8) is 0 Å². The molecule has 0 fully saturated rings. The zero-order valence-corrected chi connectivity index (χ0v) is 10.6. The fraction of sp³-hybridized carbons (Fsp3) is 0.231. The Labute approximate surface area is 109 Å². The highest BCUT2D eigenvalue weighted by Crippen LogP contribution is 2.24. The summed E-state index contributed by atoms with van der Waals surface area (Å²) in [5, 5.41) is 0.871. The van der Waals surface area contributed by atoms with Crippen LogP contribution in [0.2, 0.25) is 0 Å². The molecule has 2 rings (SSSR count). The van der Waals surface area contributed by atoms with Crippen molar-refractivity contribution >= 4 is 22.8 Å². The van der Waals surface area contributed by atoms with Crippen molar-refractivity contribution in [3.8, 4) is 0 Å². The van der Waals surface area contributed by atoms with Crippen LogP contribution in [0.1, 0.15) is 16.1 Å². The highest BCUT2D eigenvalue weighted by molar-refractivity contribution is 5.99. The average molecular weight is 262 g/mol. The van der Waals surface area contributed by atoms with Gasteiger partial charge in [0.05, 0.1) is 0 Å². The quantitative estimate of drug-likeness (QED) is 0.813. The zero-order valence-electron chi connectivity index (χ0n) is 10.6. The number of carbonyl (C=O) groups excluding carboxylic acids is 2. The molecule has 2 amide bonds. The van der Waals surface area contributed by atoms with Crippen LogP contribution in [0.5, 0.6) is 0 Å². The summed E-state index contributed by atoms with van der Waals surface area (Å²) in [4.78, 5) is 23.0. The molecule has 1 heterocycles. The highest BCUT2D eigenvalue weighted by atomic mass is 16.5. The van der Waals surface area contributed by atoms with Crippen LogP contribution in [0.15, 0.2) is 28.7 Å². The van der Waals surface area contributed by atoms with Crippen LogP contribution in [0.4, 0.5) is 0 Å². The van der Waals surface area contributed by atoms with E-state index in [1.54, 1.807) is 13.0 Å². The lowest BCUT2D eigenvalue weighted by Crippen LogP contribution is -2.43. The SMILES string of the molecule is COCC(=O)NNC(=O)c1oc2ccccc2c1C. The molecule has 0 unspecified atom stereocenters. The summed E-state index contributed by atoms with van der Waals surface area (Å²) in [6.45, 7) is 1.66. The van der Waals surface area contributed by atoms with Crippen LogP contribution in [-0.4, -0.2) is 25.5 Å². The van der Waals surface area contributed by atoms with E-state index in [1.807, 2.05) is 18.2 Å². The number of para-hydroxylation sites is 1. The van der Waals surface area contributed by atoms with Crippen LogP contribution < -0.4 is 10.9 Å². The number of methoxy groups -OCH3 is 1. The summed E-state index contributed by atoms with van der Waals surface area (Å²) in [6.07, 6.45) is 0. The van der Waals surface area contributed by atoms with Gasteiger partial charge in [0.2, 0.25) is 0 Å². The lowest BCUT2D eigenvalue weighted by atomic mass is 10.1. The topological polar surface area (TPSA) is 80.6 Å². The minimum absolute atomic E-state index is 0.126. The highest BCUT2D eigenvalue weighted by Gasteiger charge is 2.17. The number of hydrazine groups is 1. The van der Waals surface area contributed by atoms with Crippen molar-refractivity contribution in [1.29, 1.82) is 0 Å². The molecule has 0 saturated heterocycles. The molecule has 0 atom stereocenters. The number of rotatable bonds is 3. The van der Waals surface area contributed by atoms with Crippen molar-refractivity contribution in [2.45, 2.75) is 6.92 Å². The number of furan rings is 1. The van der Waals surface area contributed by atoms with Gasteiger partial charge in [-0.15, -0.1) is 0 Å². The van der Waals surface area contributed by atoms with Crippen molar-refractivity contribution < 1.29 is 18.7 Å². The second-order valence-corrected chi connectivity index (χ2v) is 3.99. The van der Waals surface area contributed by atoms with E-state index in [-0.39, 0.29) is 12.4 Å². The first-order chi connectivity index (χ1) is 9.13. The lowest BCUT2D eigenvalue weighted by molar-refractivity contribution is -0.125. The van der Waals surface area contributed by atoms with Gasteiger partial charge in [-0.05, 0) is 13.0 Å². The minimum Gasteiger partial charge on any atom is -0.451 e. The molecule has 0 bridgehead atoms. The van der Waals surface area contributed by atoms with Crippen LogP contribution in [0.3, 0.4) is 0 Å². The zero-order chi connectivity index (χ0) is 13.8. The van der Waals surface area contributed by atoms with Gasteiger partial charge in [-0.2, -0.15) is 0 Å². The summed E-state index contributed by atoms with van der Waals surface area (Å²) in [7, 11) is 1.39. The van der Waals surface area contributed by atoms with Crippen molar-refractivity contribution in [2.75, 3.05) is 13.7 Å². The summed E-state index contributed by atoms with van der Waals surface area (Å²) in [5.74, 6) is -0.762. The van der Waals surface area contributed by atoms with E-state index in [1.165, 1.54) is 7.11 Å². The number of hydrogen-bond acceptors (Lipinski definition) is 4. The maximum absolute atomic E-state index is 11.9. The molecule has 1 aromatic carbocycles. The van der Waals surface area contributed by atoms with Crippen LogP contribution in [-0.2, 0) is 9.53 Å². The Bertz CT molecular complexity index is 618. The summed E-state index contributed by atoms with van der Waals surface area (Å²) in [6, 6.07) is 7.34. The van der Waals surface area contributed by atoms with E-state index < -0.39 is 11.8 Å². The van der Waals surface area contributed by atoms with Gasteiger partial charge in [-0.1, -0.05) is 18.2 Å². The summed E-state index contributed by atoms with van der Waals surface area (Å²) in [5.41, 5.74) is 5.87. The molecule has 0 saturated carbocycles. The molecule has 19 heavy (non-hydrogen) atoms. The number of fused-ring (bicyclic) bond motifs is 1. The minimum atomic E-state index is -0.502. The van der Waals surface area contributed by atoms with Crippen LogP contribution in [0.25, 0.3) is 11.0 Å². The van der Waals surface area contributed by atoms with E-state index in [0.717, 1.165) is 10.9 Å². The van der Waals surface area contributed by atoms with Crippen molar-refractivity contribution in [1.82, 2.24) is 10.9 Å². The monoisotopic (exact) mass is 262 g/mol. The molecule has 6 nitrogen and oxygen atoms in total. The number of ether oxygens (including phenoxy) is 1. The van der Waals surface area contributed by atoms with Gasteiger partial charge in [-0.25, -0.2) is 0 Å². The maximum atomic E-state index is 11.9. The fourth-order valence-corrected chi connectivity index (χ4v) is 1.74. The predicted octanol–water partition coefficient (Wildman–Crippen LogP) is 1.15. The number of aryl methyl sites for hydroxylation is 1. The molecule has 6 heteroatoms. The third kappa shape index (κ3) is 2.74. The van der Waals surface area contributed by atoms with Gasteiger partial charge in [0, 0.05) is 18.1 Å². The first-order valence-corrected chi connectivity index (χ1v) is 5.69.